The van der Waals surface area contributed by atoms with Gasteiger partial charge < -0.3 is 10.3 Å². The first-order valence-electron chi connectivity index (χ1n) is 9.75. The lowest BCUT2D eigenvalue weighted by atomic mass is 10.0. The molecule has 11 heteroatoms. The van der Waals surface area contributed by atoms with Gasteiger partial charge in [0.15, 0.2) is 0 Å². The van der Waals surface area contributed by atoms with Crippen LogP contribution in [0.25, 0.3) is 21.8 Å². The SMILES string of the molecule is C#CCn1ccc2c3c(N)nc(NC(=O)c4ccc(C5(C(F)(F)F)NN5)cc4)nc3ccc21. The van der Waals surface area contributed by atoms with E-state index in [1.54, 1.807) is 6.07 Å². The molecule has 33 heavy (non-hydrogen) atoms. The number of aromatic nitrogens is 3. The Hall–Kier alpha value is -4.14. The molecule has 5 rings (SSSR count). The maximum Gasteiger partial charge on any atom is 0.426 e. The third kappa shape index (κ3) is 3.32. The molecule has 5 N–H and O–H groups in total. The summed E-state index contributed by atoms with van der Waals surface area (Å²) in [6.07, 6.45) is 2.72. The van der Waals surface area contributed by atoms with Gasteiger partial charge in [-0.25, -0.2) is 15.8 Å². The van der Waals surface area contributed by atoms with Crippen molar-refractivity contribution in [3.8, 4) is 12.3 Å². The quantitative estimate of drug-likeness (QED) is 0.279. The van der Waals surface area contributed by atoms with Gasteiger partial charge in [0.1, 0.15) is 5.82 Å². The number of fused-ring (bicyclic) bond motifs is 3. The van der Waals surface area contributed by atoms with Gasteiger partial charge in [0, 0.05) is 22.7 Å². The van der Waals surface area contributed by atoms with E-state index in [0.29, 0.717) is 17.4 Å². The van der Waals surface area contributed by atoms with E-state index in [1.807, 2.05) is 22.9 Å². The van der Waals surface area contributed by atoms with Crippen LogP contribution in [-0.4, -0.2) is 26.6 Å². The van der Waals surface area contributed by atoms with E-state index in [9.17, 15) is 18.0 Å². The molecule has 4 aromatic rings. The number of hydrogen-bond donors (Lipinski definition) is 4. The van der Waals surface area contributed by atoms with Crippen molar-refractivity contribution in [2.75, 3.05) is 11.1 Å². The van der Waals surface area contributed by atoms with Gasteiger partial charge in [0.2, 0.25) is 11.6 Å². The number of nitrogen functional groups attached to an aromatic ring is 1. The number of nitrogens with zero attached hydrogens (tertiary/aromatic N) is 3. The third-order valence-electron chi connectivity index (χ3n) is 5.51. The molecule has 8 nitrogen and oxygen atoms in total. The summed E-state index contributed by atoms with van der Waals surface area (Å²) in [6, 6.07) is 10.5. The lowest BCUT2D eigenvalue weighted by Crippen LogP contribution is -2.34. The number of alkyl halides is 3. The maximum atomic E-state index is 13.2. The van der Waals surface area contributed by atoms with E-state index in [4.69, 9.17) is 12.2 Å². The minimum atomic E-state index is -4.53. The molecular formula is C22H16F3N7O. The summed E-state index contributed by atoms with van der Waals surface area (Å²) in [5.41, 5.74) is 9.59. The first kappa shape index (κ1) is 20.7. The molecule has 0 saturated carbocycles. The van der Waals surface area contributed by atoms with E-state index in [2.05, 4.69) is 32.1 Å². The monoisotopic (exact) mass is 451 g/mol. The predicted molar refractivity (Wildman–Crippen MR) is 117 cm³/mol. The topological polar surface area (TPSA) is 130 Å². The van der Waals surface area contributed by atoms with E-state index >= 15 is 0 Å². The lowest BCUT2D eigenvalue weighted by Gasteiger charge is -2.16. The molecule has 0 spiro atoms. The summed E-state index contributed by atoms with van der Waals surface area (Å²) in [6.45, 7) is 0.402. The fraction of sp³-hybridized carbons (Fsp3) is 0.136. The van der Waals surface area contributed by atoms with Gasteiger partial charge >= 0.3 is 6.18 Å². The summed E-state index contributed by atoms with van der Waals surface area (Å²) in [4.78, 5) is 21.2. The van der Waals surface area contributed by atoms with Gasteiger partial charge in [-0.15, -0.1) is 6.42 Å². The fourth-order valence-corrected chi connectivity index (χ4v) is 3.78. The lowest BCUT2D eigenvalue weighted by molar-refractivity contribution is -0.165. The van der Waals surface area contributed by atoms with Crippen molar-refractivity contribution >= 4 is 39.5 Å². The van der Waals surface area contributed by atoms with Crippen LogP contribution in [0.1, 0.15) is 15.9 Å². The molecule has 166 valence electrons. The van der Waals surface area contributed by atoms with Crippen LogP contribution < -0.4 is 21.9 Å². The van der Waals surface area contributed by atoms with Crippen molar-refractivity contribution in [1.82, 2.24) is 25.4 Å². The van der Waals surface area contributed by atoms with Gasteiger partial charge in [-0.3, -0.25) is 10.1 Å². The highest BCUT2D eigenvalue weighted by atomic mass is 19.4. The number of hydrazine groups is 1. The zero-order valence-corrected chi connectivity index (χ0v) is 16.9. The normalized spacial score (nSPS) is 14.8. The van der Waals surface area contributed by atoms with Crippen LogP contribution in [0.3, 0.4) is 0 Å². The Morgan fingerprint density at radius 2 is 1.88 bits per heavy atom. The molecule has 1 fully saturated rings. The number of halogens is 3. The van der Waals surface area contributed by atoms with Crippen LogP contribution in [0, 0.1) is 12.3 Å². The molecule has 2 aromatic heterocycles. The highest BCUT2D eigenvalue weighted by molar-refractivity contribution is 6.11. The molecule has 1 amide bonds. The summed E-state index contributed by atoms with van der Waals surface area (Å²) < 4.78 is 41.5. The molecule has 1 aliphatic heterocycles. The number of anilines is 2. The third-order valence-corrected chi connectivity index (χ3v) is 5.51. The van der Waals surface area contributed by atoms with E-state index in [-0.39, 0.29) is 22.9 Å². The number of nitrogens with two attached hydrogens (primary N) is 1. The van der Waals surface area contributed by atoms with Crippen LogP contribution in [0.5, 0.6) is 0 Å². The average Bonchev–Trinajstić information content (AvgIpc) is 3.51. The minimum absolute atomic E-state index is 0.0197. The summed E-state index contributed by atoms with van der Waals surface area (Å²) in [5, 5.41) is 4.00. The number of hydrogen-bond acceptors (Lipinski definition) is 6. The first-order chi connectivity index (χ1) is 15.7. The average molecular weight is 451 g/mol. The Kier molecular flexibility index (Phi) is 4.52. The molecule has 2 aromatic carbocycles. The molecule has 0 atom stereocenters. The predicted octanol–water partition coefficient (Wildman–Crippen LogP) is 2.88. The fourth-order valence-electron chi connectivity index (χ4n) is 3.78. The second kappa shape index (κ2) is 7.19. The van der Waals surface area contributed by atoms with Crippen molar-refractivity contribution in [2.45, 2.75) is 18.4 Å². The number of carbonyl (C=O) groups is 1. The first-order valence-corrected chi connectivity index (χ1v) is 9.75. The van der Waals surface area contributed by atoms with Crippen molar-refractivity contribution < 1.29 is 18.0 Å². The van der Waals surface area contributed by atoms with Crippen molar-refractivity contribution in [3.05, 3.63) is 59.8 Å². The van der Waals surface area contributed by atoms with E-state index in [1.165, 1.54) is 24.3 Å². The Labute approximate surface area is 185 Å². The summed E-state index contributed by atoms with van der Waals surface area (Å²) in [7, 11) is 0. The molecule has 0 bridgehead atoms. The van der Waals surface area contributed by atoms with Crippen LogP contribution in [0.2, 0.25) is 0 Å². The Bertz CT molecular complexity index is 1450. The van der Waals surface area contributed by atoms with Crippen LogP contribution in [-0.2, 0) is 12.2 Å². The van der Waals surface area contributed by atoms with Gasteiger partial charge in [0.05, 0.1) is 17.4 Å². The number of carbonyl (C=O) groups excluding carboxylic acids is 1. The zero-order valence-electron chi connectivity index (χ0n) is 16.9. The number of amides is 1. The minimum Gasteiger partial charge on any atom is -0.383 e. The van der Waals surface area contributed by atoms with Crippen LogP contribution in [0.15, 0.2) is 48.7 Å². The summed E-state index contributed by atoms with van der Waals surface area (Å²) >= 11 is 0. The molecular weight excluding hydrogens is 435 g/mol. The van der Waals surface area contributed by atoms with Crippen molar-refractivity contribution in [3.63, 3.8) is 0 Å². The van der Waals surface area contributed by atoms with Crippen LogP contribution in [0.4, 0.5) is 24.9 Å². The van der Waals surface area contributed by atoms with Gasteiger partial charge in [-0.1, -0.05) is 18.1 Å². The van der Waals surface area contributed by atoms with Crippen LogP contribution >= 0.6 is 0 Å². The molecule has 3 heterocycles. The van der Waals surface area contributed by atoms with Gasteiger partial charge in [-0.05, 0) is 35.9 Å². The second-order valence-corrected chi connectivity index (χ2v) is 7.50. The molecule has 0 unspecified atom stereocenters. The highest BCUT2D eigenvalue weighted by Crippen LogP contribution is 2.42. The maximum absolute atomic E-state index is 13.2. The molecule has 1 saturated heterocycles. The van der Waals surface area contributed by atoms with Crippen molar-refractivity contribution in [2.24, 2.45) is 0 Å². The zero-order chi connectivity index (χ0) is 23.4. The smallest absolute Gasteiger partial charge is 0.383 e. The summed E-state index contributed by atoms with van der Waals surface area (Å²) in [5.74, 6) is 2.15. The number of rotatable bonds is 4. The Balaban J connectivity index is 1.42. The Morgan fingerprint density at radius 1 is 1.15 bits per heavy atom. The highest BCUT2D eigenvalue weighted by Gasteiger charge is 2.65. The largest absolute Gasteiger partial charge is 0.426 e. The van der Waals surface area contributed by atoms with Gasteiger partial charge in [-0.2, -0.15) is 18.2 Å². The Morgan fingerprint density at radius 3 is 2.52 bits per heavy atom. The standard InChI is InChI=1S/C22H16F3N7O/c1-2-10-32-11-9-14-16(32)8-7-15-17(14)18(26)28-20(27-15)29-19(33)12-3-5-13(6-4-12)21(30-31-21)22(23,24)25/h1,3-9,11,30-31H,10H2,(H3,26,27,28,29,33). The number of nitrogens with one attached hydrogen (secondary N) is 3. The molecule has 0 aliphatic carbocycles. The second-order valence-electron chi connectivity index (χ2n) is 7.50. The van der Waals surface area contributed by atoms with E-state index in [0.717, 1.165) is 10.9 Å². The number of benzene rings is 2. The van der Waals surface area contributed by atoms with Crippen molar-refractivity contribution in [1.29, 1.82) is 0 Å². The molecule has 1 aliphatic rings. The molecule has 0 radical (unpaired) electrons. The van der Waals surface area contributed by atoms with E-state index < -0.39 is 17.7 Å². The van der Waals surface area contributed by atoms with Gasteiger partial charge in [0.25, 0.3) is 5.91 Å². The number of terminal acetylenes is 1.